The molecule has 0 saturated carbocycles. The van der Waals surface area contributed by atoms with Gasteiger partial charge in [-0.3, -0.25) is 0 Å². The van der Waals surface area contributed by atoms with E-state index in [1.807, 2.05) is 88.4 Å². The van der Waals surface area contributed by atoms with Gasteiger partial charge in [0, 0.05) is 11.1 Å². The van der Waals surface area contributed by atoms with Crippen LogP contribution in [0.2, 0.25) is 0 Å². The second-order valence-corrected chi connectivity index (χ2v) is 8.23. The van der Waals surface area contributed by atoms with E-state index in [-0.39, 0.29) is 36.2 Å². The zero-order chi connectivity index (χ0) is 22.4. The molecular weight excluding hydrogens is 392 g/mol. The lowest BCUT2D eigenvalue weighted by Gasteiger charge is -2.11. The van der Waals surface area contributed by atoms with Crippen molar-refractivity contribution in [2.24, 2.45) is 11.8 Å². The Morgan fingerprint density at radius 1 is 0.677 bits per heavy atom. The number of rotatable bonds is 8. The fourth-order valence-corrected chi connectivity index (χ4v) is 3.04. The van der Waals surface area contributed by atoms with Crippen molar-refractivity contribution in [2.45, 2.75) is 27.7 Å². The molecule has 5 heteroatoms. The highest BCUT2D eigenvalue weighted by atomic mass is 16.5. The van der Waals surface area contributed by atoms with E-state index >= 15 is 0 Å². The van der Waals surface area contributed by atoms with Crippen LogP contribution in [0, 0.1) is 11.8 Å². The van der Waals surface area contributed by atoms with Crippen LogP contribution in [-0.2, 0) is 9.47 Å². The molecule has 0 amide bonds. The molecule has 31 heavy (non-hydrogen) atoms. The quantitative estimate of drug-likeness (QED) is 0.404. The summed E-state index contributed by atoms with van der Waals surface area (Å²) in [4.78, 5) is 26.3. The van der Waals surface area contributed by atoms with Gasteiger partial charge >= 0.3 is 11.9 Å². The Morgan fingerprint density at radius 2 is 1.03 bits per heavy atom. The highest BCUT2D eigenvalue weighted by Gasteiger charge is 2.33. The third-order valence-corrected chi connectivity index (χ3v) is 4.48. The maximum absolute atomic E-state index is 13.2. The molecule has 0 radical (unpaired) electrons. The zero-order valence-corrected chi connectivity index (χ0v) is 18.4. The molecule has 2 aromatic carbocycles. The molecule has 3 rings (SSSR count). The van der Waals surface area contributed by atoms with Crippen LogP contribution in [0.4, 0.5) is 0 Å². The van der Waals surface area contributed by atoms with E-state index in [2.05, 4.69) is 0 Å². The topological polar surface area (TPSA) is 65.7 Å². The number of hydrogen-bond acceptors (Lipinski definition) is 5. The number of esters is 2. The summed E-state index contributed by atoms with van der Waals surface area (Å²) in [6.45, 7) is 8.28. The van der Waals surface area contributed by atoms with Gasteiger partial charge in [-0.25, -0.2) is 9.59 Å². The van der Waals surface area contributed by atoms with E-state index in [0.29, 0.717) is 22.6 Å². The summed E-state index contributed by atoms with van der Waals surface area (Å²) in [5, 5.41) is 0. The lowest BCUT2D eigenvalue weighted by molar-refractivity contribution is 0.0415. The first-order chi connectivity index (χ1) is 14.9. The van der Waals surface area contributed by atoms with E-state index in [4.69, 9.17) is 13.9 Å². The normalized spacial score (nSPS) is 11.0. The van der Waals surface area contributed by atoms with E-state index in [0.717, 1.165) is 0 Å². The minimum atomic E-state index is -0.602. The minimum Gasteiger partial charge on any atom is -0.462 e. The number of carbonyl (C=O) groups is 2. The van der Waals surface area contributed by atoms with Crippen LogP contribution >= 0.6 is 0 Å². The molecule has 0 aliphatic carbocycles. The smallest absolute Gasteiger partial charge is 0.343 e. The van der Waals surface area contributed by atoms with E-state index < -0.39 is 11.9 Å². The summed E-state index contributed by atoms with van der Waals surface area (Å²) in [6.07, 6.45) is 0. The van der Waals surface area contributed by atoms with Crippen molar-refractivity contribution in [1.29, 1.82) is 0 Å². The molecule has 0 aliphatic rings. The minimum absolute atomic E-state index is 0.0967. The number of benzene rings is 2. The summed E-state index contributed by atoms with van der Waals surface area (Å²) < 4.78 is 17.2. The summed E-state index contributed by atoms with van der Waals surface area (Å²) in [6, 6.07) is 18.5. The Balaban J connectivity index is 2.21. The van der Waals surface area contributed by atoms with Crippen molar-refractivity contribution < 1.29 is 23.5 Å². The summed E-state index contributed by atoms with van der Waals surface area (Å²) >= 11 is 0. The first-order valence-corrected chi connectivity index (χ1v) is 10.5. The predicted molar refractivity (Wildman–Crippen MR) is 120 cm³/mol. The maximum atomic E-state index is 13.2. The third kappa shape index (κ3) is 5.43. The molecule has 0 atom stereocenters. The monoisotopic (exact) mass is 420 g/mol. The molecule has 0 spiro atoms. The fourth-order valence-electron chi connectivity index (χ4n) is 3.04. The van der Waals surface area contributed by atoms with Crippen LogP contribution in [0.25, 0.3) is 22.6 Å². The van der Waals surface area contributed by atoms with Gasteiger partial charge < -0.3 is 13.9 Å². The Hall–Kier alpha value is -3.34. The van der Waals surface area contributed by atoms with Gasteiger partial charge in [0.1, 0.15) is 22.6 Å². The van der Waals surface area contributed by atoms with Gasteiger partial charge in [-0.1, -0.05) is 88.4 Å². The number of carbonyl (C=O) groups excluding carboxylic acids is 2. The molecule has 0 aliphatic heterocycles. The first-order valence-electron chi connectivity index (χ1n) is 10.5. The van der Waals surface area contributed by atoms with Crippen LogP contribution in [0.5, 0.6) is 0 Å². The van der Waals surface area contributed by atoms with E-state index in [1.54, 1.807) is 0 Å². The lowest BCUT2D eigenvalue weighted by atomic mass is 10.0. The van der Waals surface area contributed by atoms with Crippen molar-refractivity contribution >= 4 is 11.9 Å². The zero-order valence-electron chi connectivity index (χ0n) is 18.4. The highest BCUT2D eigenvalue weighted by molar-refractivity contribution is 6.10. The van der Waals surface area contributed by atoms with Crippen LogP contribution in [0.15, 0.2) is 65.1 Å². The molecule has 0 bridgehead atoms. The number of ether oxygens (including phenoxy) is 2. The van der Waals surface area contributed by atoms with Crippen molar-refractivity contribution in [2.75, 3.05) is 13.2 Å². The summed E-state index contributed by atoms with van der Waals surface area (Å²) in [5.74, 6) is -0.304. The van der Waals surface area contributed by atoms with Crippen molar-refractivity contribution in [3.8, 4) is 22.6 Å². The molecular formula is C26H28O5. The van der Waals surface area contributed by atoms with Crippen molar-refractivity contribution in [3.63, 3.8) is 0 Å². The average molecular weight is 421 g/mol. The molecule has 0 saturated heterocycles. The molecule has 3 aromatic rings. The van der Waals surface area contributed by atoms with Crippen LogP contribution in [0.1, 0.15) is 48.4 Å². The Morgan fingerprint density at radius 3 is 1.35 bits per heavy atom. The SMILES string of the molecule is CC(C)COC(=O)c1c(-c2ccccc2)oc(-c2ccccc2)c1C(=O)OCC(C)C. The predicted octanol–water partition coefficient (Wildman–Crippen LogP) is 6.24. The van der Waals surface area contributed by atoms with Gasteiger partial charge in [0.2, 0.25) is 0 Å². The van der Waals surface area contributed by atoms with Gasteiger partial charge in [-0.15, -0.1) is 0 Å². The molecule has 0 fully saturated rings. The van der Waals surface area contributed by atoms with Crippen LogP contribution in [-0.4, -0.2) is 25.2 Å². The molecule has 1 aromatic heterocycles. The second kappa shape index (κ2) is 10.1. The Bertz CT molecular complexity index is 935. The van der Waals surface area contributed by atoms with Gasteiger partial charge in [0.25, 0.3) is 0 Å². The second-order valence-electron chi connectivity index (χ2n) is 8.23. The maximum Gasteiger partial charge on any atom is 0.343 e. The Kier molecular flexibility index (Phi) is 7.29. The van der Waals surface area contributed by atoms with E-state index in [9.17, 15) is 9.59 Å². The number of hydrogen-bond donors (Lipinski definition) is 0. The van der Waals surface area contributed by atoms with Crippen LogP contribution in [0.3, 0.4) is 0 Å². The Labute approximate surface area is 183 Å². The van der Waals surface area contributed by atoms with Gasteiger partial charge in [0.05, 0.1) is 13.2 Å². The fraction of sp³-hybridized carbons (Fsp3) is 0.308. The van der Waals surface area contributed by atoms with Gasteiger partial charge in [-0.2, -0.15) is 0 Å². The van der Waals surface area contributed by atoms with E-state index in [1.165, 1.54) is 0 Å². The van der Waals surface area contributed by atoms with Gasteiger partial charge in [0.15, 0.2) is 0 Å². The molecule has 162 valence electrons. The van der Waals surface area contributed by atoms with Crippen molar-refractivity contribution in [1.82, 2.24) is 0 Å². The molecule has 0 N–H and O–H groups in total. The molecule has 1 heterocycles. The molecule has 5 nitrogen and oxygen atoms in total. The molecule has 0 unspecified atom stereocenters. The number of furan rings is 1. The highest BCUT2D eigenvalue weighted by Crippen LogP contribution is 2.38. The first kappa shape index (κ1) is 22.3. The average Bonchev–Trinajstić information content (AvgIpc) is 3.18. The summed E-state index contributed by atoms with van der Waals surface area (Å²) in [7, 11) is 0. The summed E-state index contributed by atoms with van der Waals surface area (Å²) in [5.41, 5.74) is 1.55. The lowest BCUT2D eigenvalue weighted by Crippen LogP contribution is -2.17. The largest absolute Gasteiger partial charge is 0.462 e. The van der Waals surface area contributed by atoms with Gasteiger partial charge in [-0.05, 0) is 11.8 Å². The standard InChI is InChI=1S/C26H28O5/c1-17(2)15-29-25(27)21-22(26(28)30-16-18(3)4)24(20-13-9-6-10-14-20)31-23(21)19-11-7-5-8-12-19/h5-14,17-18H,15-16H2,1-4H3. The van der Waals surface area contributed by atoms with Crippen molar-refractivity contribution in [3.05, 3.63) is 71.8 Å². The van der Waals surface area contributed by atoms with Crippen LogP contribution < -0.4 is 0 Å². The third-order valence-electron chi connectivity index (χ3n) is 4.48.